The van der Waals surface area contributed by atoms with Gasteiger partial charge in [-0.05, 0) is 43.5 Å². The van der Waals surface area contributed by atoms with Gasteiger partial charge in [0, 0.05) is 12.2 Å². The lowest BCUT2D eigenvalue weighted by Crippen LogP contribution is -2.31. The van der Waals surface area contributed by atoms with Crippen LogP contribution in [-0.4, -0.2) is 34.9 Å². The Bertz CT molecular complexity index is 615. The number of amides is 1. The Labute approximate surface area is 129 Å². The molecule has 2 rings (SSSR count). The first-order valence-electron chi connectivity index (χ1n) is 7.13. The van der Waals surface area contributed by atoms with Crippen LogP contribution in [0.2, 0.25) is 0 Å². The van der Waals surface area contributed by atoms with Crippen LogP contribution in [0.4, 0.5) is 0 Å². The van der Waals surface area contributed by atoms with Crippen LogP contribution < -0.4 is 10.1 Å². The number of aromatic nitrogens is 2. The van der Waals surface area contributed by atoms with Gasteiger partial charge in [-0.25, -0.2) is 0 Å². The van der Waals surface area contributed by atoms with E-state index in [0.717, 1.165) is 17.0 Å². The molecule has 118 valence electrons. The molecule has 1 atom stereocenters. The molecule has 0 unspecified atom stereocenters. The molecule has 2 aromatic rings. The van der Waals surface area contributed by atoms with Crippen molar-refractivity contribution in [1.82, 2.24) is 15.5 Å². The zero-order chi connectivity index (χ0) is 16.1. The summed E-state index contributed by atoms with van der Waals surface area (Å²) < 4.78 is 5.05. The largest absolute Gasteiger partial charge is 0.497 e. The van der Waals surface area contributed by atoms with E-state index in [1.165, 1.54) is 0 Å². The molecule has 1 amide bonds. The standard InChI is InChI=1S/C16H21N3O3/c1-10-14(11(2)19-18-10)8-9-17-16(21)15(20)12-4-6-13(22-3)7-5-12/h4-7,15,20H,8-9H2,1-3H3,(H,17,21)(H,18,19)/t15-/m0/s1. The Morgan fingerprint density at radius 1 is 1.36 bits per heavy atom. The predicted octanol–water partition coefficient (Wildman–Crippen LogP) is 1.43. The number of aliphatic hydroxyl groups is 1. The third-order valence-electron chi connectivity index (χ3n) is 3.63. The molecule has 0 saturated heterocycles. The second kappa shape index (κ2) is 7.09. The lowest BCUT2D eigenvalue weighted by Gasteiger charge is -2.12. The maximum Gasteiger partial charge on any atom is 0.253 e. The van der Waals surface area contributed by atoms with Crippen molar-refractivity contribution in [2.75, 3.05) is 13.7 Å². The number of rotatable bonds is 6. The van der Waals surface area contributed by atoms with Crippen molar-refractivity contribution in [2.24, 2.45) is 0 Å². The van der Waals surface area contributed by atoms with Crippen LogP contribution in [-0.2, 0) is 11.2 Å². The van der Waals surface area contributed by atoms with Crippen LogP contribution in [0.5, 0.6) is 5.75 Å². The fourth-order valence-corrected chi connectivity index (χ4v) is 2.29. The molecule has 0 saturated carbocycles. The van der Waals surface area contributed by atoms with Gasteiger partial charge >= 0.3 is 0 Å². The molecule has 6 nitrogen and oxygen atoms in total. The molecule has 22 heavy (non-hydrogen) atoms. The van der Waals surface area contributed by atoms with Gasteiger partial charge in [0.15, 0.2) is 6.10 Å². The summed E-state index contributed by atoms with van der Waals surface area (Å²) in [7, 11) is 1.57. The van der Waals surface area contributed by atoms with E-state index in [2.05, 4.69) is 15.5 Å². The summed E-state index contributed by atoms with van der Waals surface area (Å²) in [6, 6.07) is 6.77. The van der Waals surface area contributed by atoms with Crippen molar-refractivity contribution in [3.8, 4) is 5.75 Å². The molecule has 1 aromatic heterocycles. The zero-order valence-electron chi connectivity index (χ0n) is 13.0. The molecule has 0 spiro atoms. The molecule has 1 heterocycles. The Hall–Kier alpha value is -2.34. The molecule has 0 bridgehead atoms. The van der Waals surface area contributed by atoms with E-state index in [4.69, 9.17) is 4.74 Å². The molecule has 0 aliphatic carbocycles. The Kier molecular flexibility index (Phi) is 5.16. The van der Waals surface area contributed by atoms with Gasteiger partial charge in [-0.1, -0.05) is 12.1 Å². The quantitative estimate of drug-likeness (QED) is 0.753. The van der Waals surface area contributed by atoms with E-state index < -0.39 is 12.0 Å². The van der Waals surface area contributed by atoms with E-state index in [1.807, 2.05) is 13.8 Å². The Balaban J connectivity index is 1.88. The first-order valence-corrected chi connectivity index (χ1v) is 7.13. The SMILES string of the molecule is COc1ccc([C@H](O)C(=O)NCCc2c(C)n[nH]c2C)cc1. The number of hydrogen-bond donors (Lipinski definition) is 3. The van der Waals surface area contributed by atoms with Crippen molar-refractivity contribution in [2.45, 2.75) is 26.4 Å². The Morgan fingerprint density at radius 2 is 2.05 bits per heavy atom. The number of carbonyl (C=O) groups is 1. The highest BCUT2D eigenvalue weighted by Gasteiger charge is 2.17. The van der Waals surface area contributed by atoms with Crippen LogP contribution in [0.25, 0.3) is 0 Å². The average molecular weight is 303 g/mol. The van der Waals surface area contributed by atoms with Gasteiger partial charge < -0.3 is 15.2 Å². The number of aromatic amines is 1. The van der Waals surface area contributed by atoms with Gasteiger partial charge in [-0.15, -0.1) is 0 Å². The summed E-state index contributed by atoms with van der Waals surface area (Å²) in [6.45, 7) is 4.32. The van der Waals surface area contributed by atoms with Gasteiger partial charge in [-0.3, -0.25) is 9.89 Å². The van der Waals surface area contributed by atoms with Crippen molar-refractivity contribution < 1.29 is 14.6 Å². The lowest BCUT2D eigenvalue weighted by atomic mass is 10.1. The third kappa shape index (κ3) is 3.65. The smallest absolute Gasteiger partial charge is 0.253 e. The minimum atomic E-state index is -1.18. The highest BCUT2D eigenvalue weighted by atomic mass is 16.5. The molecular formula is C16H21N3O3. The van der Waals surface area contributed by atoms with E-state index in [0.29, 0.717) is 24.3 Å². The lowest BCUT2D eigenvalue weighted by molar-refractivity contribution is -0.129. The maximum atomic E-state index is 12.0. The highest BCUT2D eigenvalue weighted by molar-refractivity contribution is 5.81. The molecular weight excluding hydrogens is 282 g/mol. The number of nitrogens with zero attached hydrogens (tertiary/aromatic N) is 1. The Morgan fingerprint density at radius 3 is 2.59 bits per heavy atom. The van der Waals surface area contributed by atoms with Gasteiger partial charge in [0.05, 0.1) is 12.8 Å². The number of aryl methyl sites for hydroxylation is 2. The fourth-order valence-electron chi connectivity index (χ4n) is 2.29. The van der Waals surface area contributed by atoms with E-state index in [-0.39, 0.29) is 0 Å². The summed E-state index contributed by atoms with van der Waals surface area (Å²) in [5.41, 5.74) is 3.57. The van der Waals surface area contributed by atoms with E-state index in [9.17, 15) is 9.90 Å². The summed E-state index contributed by atoms with van der Waals surface area (Å²) in [4.78, 5) is 12.0. The first kappa shape index (κ1) is 16.0. The number of methoxy groups -OCH3 is 1. The molecule has 0 radical (unpaired) electrons. The minimum Gasteiger partial charge on any atom is -0.497 e. The number of aliphatic hydroxyl groups excluding tert-OH is 1. The monoisotopic (exact) mass is 303 g/mol. The number of ether oxygens (including phenoxy) is 1. The average Bonchev–Trinajstić information content (AvgIpc) is 2.86. The van der Waals surface area contributed by atoms with Crippen LogP contribution in [0.1, 0.15) is 28.6 Å². The fraction of sp³-hybridized carbons (Fsp3) is 0.375. The van der Waals surface area contributed by atoms with Gasteiger partial charge in [0.1, 0.15) is 5.75 Å². The topological polar surface area (TPSA) is 87.2 Å². The van der Waals surface area contributed by atoms with Crippen LogP contribution in [0, 0.1) is 13.8 Å². The number of H-pyrrole nitrogens is 1. The van der Waals surface area contributed by atoms with Gasteiger partial charge in [0.25, 0.3) is 5.91 Å². The van der Waals surface area contributed by atoms with Crippen molar-refractivity contribution in [1.29, 1.82) is 0 Å². The number of nitrogens with one attached hydrogen (secondary N) is 2. The predicted molar refractivity (Wildman–Crippen MR) is 82.7 cm³/mol. The number of hydrogen-bond acceptors (Lipinski definition) is 4. The molecule has 0 fully saturated rings. The highest BCUT2D eigenvalue weighted by Crippen LogP contribution is 2.17. The summed E-state index contributed by atoms with van der Waals surface area (Å²) >= 11 is 0. The second-order valence-electron chi connectivity index (χ2n) is 5.13. The second-order valence-corrected chi connectivity index (χ2v) is 5.13. The zero-order valence-corrected chi connectivity index (χ0v) is 13.0. The maximum absolute atomic E-state index is 12.0. The molecule has 6 heteroatoms. The summed E-state index contributed by atoms with van der Waals surface area (Å²) in [6.07, 6.45) is -0.507. The summed E-state index contributed by atoms with van der Waals surface area (Å²) in [5.74, 6) is 0.270. The summed E-state index contributed by atoms with van der Waals surface area (Å²) in [5, 5.41) is 19.8. The van der Waals surface area contributed by atoms with E-state index >= 15 is 0 Å². The number of benzene rings is 1. The van der Waals surface area contributed by atoms with Crippen LogP contribution >= 0.6 is 0 Å². The molecule has 1 aromatic carbocycles. The normalized spacial score (nSPS) is 12.0. The van der Waals surface area contributed by atoms with Crippen LogP contribution in [0.3, 0.4) is 0 Å². The molecule has 3 N–H and O–H groups in total. The minimum absolute atomic E-state index is 0.413. The van der Waals surface area contributed by atoms with Gasteiger partial charge in [-0.2, -0.15) is 5.10 Å². The number of carbonyl (C=O) groups excluding carboxylic acids is 1. The van der Waals surface area contributed by atoms with Crippen molar-refractivity contribution >= 4 is 5.91 Å². The van der Waals surface area contributed by atoms with E-state index in [1.54, 1.807) is 31.4 Å². The molecule has 0 aliphatic rings. The third-order valence-corrected chi connectivity index (χ3v) is 3.63. The van der Waals surface area contributed by atoms with Gasteiger partial charge in [0.2, 0.25) is 0 Å². The van der Waals surface area contributed by atoms with Crippen LogP contribution in [0.15, 0.2) is 24.3 Å². The van der Waals surface area contributed by atoms with Crippen molar-refractivity contribution in [3.05, 3.63) is 46.8 Å². The first-order chi connectivity index (χ1) is 10.5. The van der Waals surface area contributed by atoms with Crippen molar-refractivity contribution in [3.63, 3.8) is 0 Å². The molecule has 0 aliphatic heterocycles.